The molecule has 0 bridgehead atoms. The molecule has 0 N–H and O–H groups in total. The van der Waals surface area contributed by atoms with Gasteiger partial charge in [-0.25, -0.2) is 0 Å². The van der Waals surface area contributed by atoms with E-state index in [1.54, 1.807) is 7.11 Å². The zero-order valence-electron chi connectivity index (χ0n) is 11.5. The van der Waals surface area contributed by atoms with Crippen LogP contribution in [0.25, 0.3) is 0 Å². The van der Waals surface area contributed by atoms with E-state index < -0.39 is 0 Å². The Morgan fingerprint density at radius 3 is 2.56 bits per heavy atom. The molecule has 0 fully saturated rings. The topological polar surface area (TPSA) is 12.5 Å². The van der Waals surface area contributed by atoms with Crippen LogP contribution in [0.3, 0.4) is 0 Å². The van der Waals surface area contributed by atoms with Crippen molar-refractivity contribution < 1.29 is 4.74 Å². The fourth-order valence-electron chi connectivity index (χ4n) is 2.62. The molecule has 0 amide bonds. The first-order valence-corrected chi connectivity index (χ1v) is 7.29. The first-order chi connectivity index (χ1) is 8.17. The van der Waals surface area contributed by atoms with E-state index in [4.69, 9.17) is 4.74 Å². The molecule has 0 spiro atoms. The summed E-state index contributed by atoms with van der Waals surface area (Å²) in [6.07, 6.45) is 5.69. The first kappa shape index (κ1) is 15.7. The van der Waals surface area contributed by atoms with Crippen molar-refractivity contribution in [1.29, 1.82) is 0 Å². The third kappa shape index (κ3) is 2.95. The van der Waals surface area contributed by atoms with Crippen molar-refractivity contribution in [3.8, 4) is 5.75 Å². The van der Waals surface area contributed by atoms with Crippen LogP contribution in [0.15, 0.2) is 17.0 Å². The van der Waals surface area contributed by atoms with Crippen LogP contribution in [0.5, 0.6) is 5.75 Å². The zero-order valence-corrected chi connectivity index (χ0v) is 13.2. The molecule has 0 saturated heterocycles. The summed E-state index contributed by atoms with van der Waals surface area (Å²) in [5, 5.41) is 0. The van der Waals surface area contributed by atoms with Gasteiger partial charge in [0.2, 0.25) is 0 Å². The highest BCUT2D eigenvalue weighted by atomic mass is 35.5. The van der Waals surface area contributed by atoms with E-state index in [0.717, 1.165) is 12.2 Å². The highest BCUT2D eigenvalue weighted by Crippen LogP contribution is 2.36. The molecular formula is C14H22ClNOS. The highest BCUT2D eigenvalue weighted by molar-refractivity contribution is 7.98. The minimum absolute atomic E-state index is 0. The Balaban J connectivity index is 0.00000162. The van der Waals surface area contributed by atoms with Gasteiger partial charge < -0.3 is 9.64 Å². The molecule has 1 unspecified atom stereocenters. The summed E-state index contributed by atoms with van der Waals surface area (Å²) in [6.45, 7) is 0. The molecule has 0 aromatic heterocycles. The van der Waals surface area contributed by atoms with Gasteiger partial charge in [-0.1, -0.05) is 0 Å². The van der Waals surface area contributed by atoms with Gasteiger partial charge in [-0.2, -0.15) is 0 Å². The number of hydrogen-bond acceptors (Lipinski definition) is 3. The fraction of sp³-hybridized carbons (Fsp3) is 0.571. The number of rotatable bonds is 3. The van der Waals surface area contributed by atoms with Gasteiger partial charge >= 0.3 is 0 Å². The molecule has 1 aliphatic rings. The third-order valence-corrected chi connectivity index (χ3v) is 4.50. The summed E-state index contributed by atoms with van der Waals surface area (Å²) >= 11 is 1.84. The van der Waals surface area contributed by atoms with Crippen LogP contribution in [-0.4, -0.2) is 38.4 Å². The van der Waals surface area contributed by atoms with Crippen LogP contribution in [0.4, 0.5) is 0 Å². The maximum Gasteiger partial charge on any atom is 0.122 e. The van der Waals surface area contributed by atoms with E-state index >= 15 is 0 Å². The van der Waals surface area contributed by atoms with Crippen LogP contribution in [0.1, 0.15) is 17.5 Å². The molecule has 4 heteroatoms. The van der Waals surface area contributed by atoms with Crippen molar-refractivity contribution in [3.63, 3.8) is 0 Å². The molecule has 0 aliphatic heterocycles. The highest BCUT2D eigenvalue weighted by Gasteiger charge is 2.24. The summed E-state index contributed by atoms with van der Waals surface area (Å²) in [5.74, 6) is 1.06. The van der Waals surface area contributed by atoms with Crippen LogP contribution >= 0.6 is 24.2 Å². The number of ether oxygens (including phenoxy) is 1. The van der Waals surface area contributed by atoms with Crippen LogP contribution in [0, 0.1) is 0 Å². The molecule has 18 heavy (non-hydrogen) atoms. The van der Waals surface area contributed by atoms with Gasteiger partial charge in [0.05, 0.1) is 7.11 Å². The van der Waals surface area contributed by atoms with Gasteiger partial charge in [-0.05, 0) is 62.9 Å². The molecule has 2 rings (SSSR count). The van der Waals surface area contributed by atoms with E-state index in [1.807, 2.05) is 11.8 Å². The molecule has 102 valence electrons. The maximum atomic E-state index is 5.51. The number of nitrogens with zero attached hydrogens (tertiary/aromatic N) is 1. The average Bonchev–Trinajstić information content (AvgIpc) is 2.36. The largest absolute Gasteiger partial charge is 0.496 e. The van der Waals surface area contributed by atoms with Gasteiger partial charge in [0.15, 0.2) is 0 Å². The van der Waals surface area contributed by atoms with Crippen LogP contribution in [0.2, 0.25) is 0 Å². The molecule has 0 radical (unpaired) electrons. The Kier molecular flexibility index (Phi) is 5.83. The summed E-state index contributed by atoms with van der Waals surface area (Å²) in [7, 11) is 6.11. The Labute approximate surface area is 120 Å². The van der Waals surface area contributed by atoms with E-state index in [2.05, 4.69) is 37.4 Å². The van der Waals surface area contributed by atoms with Crippen LogP contribution < -0.4 is 4.74 Å². The predicted molar refractivity (Wildman–Crippen MR) is 81.5 cm³/mol. The zero-order chi connectivity index (χ0) is 12.4. The lowest BCUT2D eigenvalue weighted by Crippen LogP contribution is -2.33. The number of halogens is 1. The lowest BCUT2D eigenvalue weighted by atomic mass is 9.87. The number of hydrogen-bond donors (Lipinski definition) is 0. The van der Waals surface area contributed by atoms with Crippen molar-refractivity contribution in [2.45, 2.75) is 30.2 Å². The van der Waals surface area contributed by atoms with E-state index in [9.17, 15) is 0 Å². The predicted octanol–water partition coefficient (Wildman–Crippen LogP) is 3.26. The van der Waals surface area contributed by atoms with Crippen molar-refractivity contribution >= 4 is 24.2 Å². The smallest absolute Gasteiger partial charge is 0.122 e. The van der Waals surface area contributed by atoms with Gasteiger partial charge in [-0.15, -0.1) is 24.2 Å². The minimum atomic E-state index is 0. The van der Waals surface area contributed by atoms with E-state index in [0.29, 0.717) is 6.04 Å². The van der Waals surface area contributed by atoms with Gasteiger partial charge in [0.25, 0.3) is 0 Å². The Hall–Kier alpha value is -0.380. The van der Waals surface area contributed by atoms with Crippen molar-refractivity contribution in [1.82, 2.24) is 4.90 Å². The second-order valence-electron chi connectivity index (χ2n) is 4.79. The molecule has 2 nitrogen and oxygen atoms in total. The van der Waals surface area contributed by atoms with Crippen molar-refractivity contribution in [2.24, 2.45) is 0 Å². The fourth-order valence-corrected chi connectivity index (χ4v) is 3.30. The van der Waals surface area contributed by atoms with E-state index in [-0.39, 0.29) is 12.4 Å². The molecular weight excluding hydrogens is 266 g/mol. The average molecular weight is 288 g/mol. The standard InChI is InChI=1S/C14H21NOS.ClH/c1-15(2)10-5-6-11-12(9-10)13(16-3)7-8-14(11)17-4;/h7-8,10H,5-6,9H2,1-4H3;1H. The van der Waals surface area contributed by atoms with Crippen molar-refractivity contribution in [3.05, 3.63) is 23.3 Å². The van der Waals surface area contributed by atoms with Gasteiger partial charge in [0.1, 0.15) is 5.75 Å². The molecule has 1 atom stereocenters. The molecule has 0 saturated carbocycles. The molecule has 1 aromatic rings. The van der Waals surface area contributed by atoms with Gasteiger partial charge in [0, 0.05) is 10.9 Å². The monoisotopic (exact) mass is 287 g/mol. The lowest BCUT2D eigenvalue weighted by Gasteiger charge is -2.31. The molecule has 0 heterocycles. The normalized spacial score (nSPS) is 18.2. The first-order valence-electron chi connectivity index (χ1n) is 6.06. The summed E-state index contributed by atoms with van der Waals surface area (Å²) < 4.78 is 5.51. The SMILES string of the molecule is COc1ccc(SC)c2c1CC(N(C)C)CC2.Cl. The Morgan fingerprint density at radius 1 is 1.28 bits per heavy atom. The number of fused-ring (bicyclic) bond motifs is 1. The van der Waals surface area contributed by atoms with Gasteiger partial charge in [-0.3, -0.25) is 0 Å². The lowest BCUT2D eigenvalue weighted by molar-refractivity contribution is 0.263. The Bertz CT molecular complexity index is 409. The number of likely N-dealkylation sites (N-methyl/N-ethyl adjacent to an activating group) is 1. The third-order valence-electron chi connectivity index (χ3n) is 3.68. The second kappa shape index (κ2) is 6.69. The summed E-state index contributed by atoms with van der Waals surface area (Å²) in [6, 6.07) is 4.95. The molecule has 1 aliphatic carbocycles. The Morgan fingerprint density at radius 2 is 2.00 bits per heavy atom. The quantitative estimate of drug-likeness (QED) is 0.792. The van der Waals surface area contributed by atoms with E-state index in [1.165, 1.54) is 28.9 Å². The summed E-state index contributed by atoms with van der Waals surface area (Å²) in [5.41, 5.74) is 2.93. The minimum Gasteiger partial charge on any atom is -0.496 e. The summed E-state index contributed by atoms with van der Waals surface area (Å²) in [4.78, 5) is 3.74. The van der Waals surface area contributed by atoms with Crippen molar-refractivity contribution in [2.75, 3.05) is 27.5 Å². The molecule has 1 aromatic carbocycles. The maximum absolute atomic E-state index is 5.51. The van der Waals surface area contributed by atoms with Crippen LogP contribution in [-0.2, 0) is 12.8 Å². The number of methoxy groups -OCH3 is 1. The number of thioether (sulfide) groups is 1. The second-order valence-corrected chi connectivity index (χ2v) is 5.64. The number of benzene rings is 1.